The first-order valence-corrected chi connectivity index (χ1v) is 6.13. The lowest BCUT2D eigenvalue weighted by Crippen LogP contribution is -2.36. The zero-order valence-electron chi connectivity index (χ0n) is 11.0. The monoisotopic (exact) mass is 288 g/mol. The van der Waals surface area contributed by atoms with Crippen molar-refractivity contribution < 1.29 is 19.1 Å². The molecule has 0 aliphatic carbocycles. The Balaban J connectivity index is 2.41. The second kappa shape index (κ2) is 6.04. The second-order valence-electron chi connectivity index (χ2n) is 4.36. The molecule has 2 aromatic carbocycles. The molecule has 0 fully saturated rings. The van der Waals surface area contributed by atoms with Crippen molar-refractivity contribution in [3.05, 3.63) is 59.9 Å². The molecule has 5 nitrogen and oxygen atoms in total. The van der Waals surface area contributed by atoms with Crippen molar-refractivity contribution in [3.8, 4) is 0 Å². The smallest absolute Gasteiger partial charge is 0.323 e. The van der Waals surface area contributed by atoms with Crippen LogP contribution in [-0.4, -0.2) is 23.5 Å². The molecule has 2 rings (SSSR count). The Kier molecular flexibility index (Phi) is 4.18. The maximum Gasteiger partial charge on any atom is 0.323 e. The minimum atomic E-state index is -1.19. The number of nitrogens with two attached hydrogens (primary N) is 1. The van der Waals surface area contributed by atoms with Gasteiger partial charge in [0.1, 0.15) is 12.4 Å². The van der Waals surface area contributed by atoms with Crippen LogP contribution in [0, 0.1) is 5.82 Å². The minimum Gasteiger partial charge on any atom is -0.480 e. The van der Waals surface area contributed by atoms with E-state index in [4.69, 9.17) is 10.8 Å². The Hall–Kier alpha value is -2.89. The molecule has 0 aliphatic heterocycles. The highest BCUT2D eigenvalue weighted by atomic mass is 19.1. The third-order valence-corrected chi connectivity index (χ3v) is 2.83. The largest absolute Gasteiger partial charge is 0.480 e. The number of carbonyl (C=O) groups is 2. The number of rotatable bonds is 4. The van der Waals surface area contributed by atoms with E-state index in [1.165, 1.54) is 12.1 Å². The average Bonchev–Trinajstić information content (AvgIpc) is 2.45. The minimum absolute atomic E-state index is 0.188. The lowest BCUT2D eigenvalue weighted by Gasteiger charge is -2.21. The highest BCUT2D eigenvalue weighted by molar-refractivity contribution is 6.08. The van der Waals surface area contributed by atoms with E-state index in [9.17, 15) is 14.0 Å². The molecule has 108 valence electrons. The van der Waals surface area contributed by atoms with Gasteiger partial charge in [0.05, 0.1) is 5.56 Å². The average molecular weight is 288 g/mol. The molecule has 0 spiro atoms. The predicted octanol–water partition coefficient (Wildman–Crippen LogP) is 2.14. The fourth-order valence-corrected chi connectivity index (χ4v) is 1.87. The van der Waals surface area contributed by atoms with Gasteiger partial charge in [-0.1, -0.05) is 18.2 Å². The normalized spacial score (nSPS) is 10.1. The second-order valence-corrected chi connectivity index (χ2v) is 4.36. The van der Waals surface area contributed by atoms with Crippen LogP contribution in [0.1, 0.15) is 10.4 Å². The van der Waals surface area contributed by atoms with E-state index >= 15 is 0 Å². The summed E-state index contributed by atoms with van der Waals surface area (Å²) in [6.45, 7) is -0.563. The van der Waals surface area contributed by atoms with Crippen LogP contribution in [0.15, 0.2) is 48.5 Å². The number of benzene rings is 2. The lowest BCUT2D eigenvalue weighted by molar-refractivity contribution is -0.135. The van der Waals surface area contributed by atoms with Gasteiger partial charge in [0, 0.05) is 11.4 Å². The van der Waals surface area contributed by atoms with Crippen LogP contribution in [0.4, 0.5) is 15.8 Å². The number of nitrogens with zero attached hydrogens (tertiary/aromatic N) is 1. The van der Waals surface area contributed by atoms with Gasteiger partial charge >= 0.3 is 5.97 Å². The molecule has 0 aromatic heterocycles. The van der Waals surface area contributed by atoms with E-state index in [-0.39, 0.29) is 11.3 Å². The van der Waals surface area contributed by atoms with Crippen molar-refractivity contribution in [2.24, 2.45) is 0 Å². The van der Waals surface area contributed by atoms with Crippen LogP contribution in [0.25, 0.3) is 0 Å². The molecule has 1 amide bonds. The molecule has 0 atom stereocenters. The fraction of sp³-hybridized carbons (Fsp3) is 0.0667. The van der Waals surface area contributed by atoms with Crippen LogP contribution in [-0.2, 0) is 4.79 Å². The number of aliphatic carboxylic acids is 1. The number of carboxylic acid groups (broad SMARTS) is 1. The van der Waals surface area contributed by atoms with E-state index in [0.717, 1.165) is 11.0 Å². The summed E-state index contributed by atoms with van der Waals surface area (Å²) in [5, 5.41) is 8.95. The van der Waals surface area contributed by atoms with Crippen molar-refractivity contribution >= 4 is 23.3 Å². The summed E-state index contributed by atoms with van der Waals surface area (Å²) in [6.07, 6.45) is 0. The van der Waals surface area contributed by atoms with Gasteiger partial charge < -0.3 is 10.8 Å². The highest BCUT2D eigenvalue weighted by Gasteiger charge is 2.22. The van der Waals surface area contributed by atoms with Gasteiger partial charge in [-0.3, -0.25) is 14.5 Å². The summed E-state index contributed by atoms with van der Waals surface area (Å²) >= 11 is 0. The molecule has 0 saturated carbocycles. The van der Waals surface area contributed by atoms with Gasteiger partial charge in [0.25, 0.3) is 5.91 Å². The zero-order chi connectivity index (χ0) is 15.4. The first kappa shape index (κ1) is 14.5. The maximum absolute atomic E-state index is 13.8. The molecule has 21 heavy (non-hydrogen) atoms. The molecular formula is C15H13FN2O3. The Morgan fingerprint density at radius 3 is 2.38 bits per heavy atom. The summed E-state index contributed by atoms with van der Waals surface area (Å²) < 4.78 is 13.8. The molecule has 0 saturated heterocycles. The van der Waals surface area contributed by atoms with Crippen molar-refractivity contribution in [1.29, 1.82) is 0 Å². The first-order chi connectivity index (χ1) is 9.99. The van der Waals surface area contributed by atoms with Crippen LogP contribution in [0.5, 0.6) is 0 Å². The number of anilines is 2. The molecule has 0 heterocycles. The summed E-state index contributed by atoms with van der Waals surface area (Å²) in [6, 6.07) is 11.9. The Bertz CT molecular complexity index is 674. The van der Waals surface area contributed by atoms with Crippen LogP contribution < -0.4 is 10.6 Å². The molecule has 2 aromatic rings. The van der Waals surface area contributed by atoms with Gasteiger partial charge in [-0.2, -0.15) is 0 Å². The topological polar surface area (TPSA) is 83.6 Å². The third kappa shape index (κ3) is 3.36. The van der Waals surface area contributed by atoms with Crippen LogP contribution in [0.2, 0.25) is 0 Å². The maximum atomic E-state index is 13.8. The van der Waals surface area contributed by atoms with Gasteiger partial charge in [-0.25, -0.2) is 4.39 Å². The Labute approximate surface area is 120 Å². The van der Waals surface area contributed by atoms with Gasteiger partial charge in [-0.15, -0.1) is 0 Å². The summed E-state index contributed by atoms with van der Waals surface area (Å²) in [4.78, 5) is 24.3. The fourth-order valence-electron chi connectivity index (χ4n) is 1.87. The van der Waals surface area contributed by atoms with E-state index in [1.54, 1.807) is 30.3 Å². The molecule has 0 aliphatic rings. The summed E-state index contributed by atoms with van der Waals surface area (Å²) in [5.41, 5.74) is 5.77. The zero-order valence-corrected chi connectivity index (χ0v) is 11.0. The van der Waals surface area contributed by atoms with E-state index in [0.29, 0.717) is 5.69 Å². The number of carbonyl (C=O) groups excluding carboxylic acids is 1. The quantitative estimate of drug-likeness (QED) is 0.844. The molecule has 0 radical (unpaired) electrons. The highest BCUT2D eigenvalue weighted by Crippen LogP contribution is 2.19. The first-order valence-electron chi connectivity index (χ1n) is 6.13. The number of hydrogen-bond donors (Lipinski definition) is 2. The SMILES string of the molecule is Nc1ccc(C(=O)N(CC(=O)O)c2ccccc2)c(F)c1. The lowest BCUT2D eigenvalue weighted by atomic mass is 10.1. The molecule has 6 heteroatoms. The number of amides is 1. The Morgan fingerprint density at radius 2 is 1.81 bits per heavy atom. The molecule has 3 N–H and O–H groups in total. The van der Waals surface area contributed by atoms with Gasteiger partial charge in [-0.05, 0) is 30.3 Å². The molecule has 0 unspecified atom stereocenters. The van der Waals surface area contributed by atoms with E-state index in [2.05, 4.69) is 0 Å². The molecule has 0 bridgehead atoms. The predicted molar refractivity (Wildman–Crippen MR) is 76.6 cm³/mol. The van der Waals surface area contributed by atoms with Gasteiger partial charge in [0.15, 0.2) is 0 Å². The summed E-state index contributed by atoms with van der Waals surface area (Å²) in [7, 11) is 0. The summed E-state index contributed by atoms with van der Waals surface area (Å²) in [5.74, 6) is -2.71. The van der Waals surface area contributed by atoms with Crippen molar-refractivity contribution in [1.82, 2.24) is 0 Å². The van der Waals surface area contributed by atoms with Crippen molar-refractivity contribution in [2.45, 2.75) is 0 Å². The Morgan fingerprint density at radius 1 is 1.14 bits per heavy atom. The van der Waals surface area contributed by atoms with E-state index < -0.39 is 24.2 Å². The number of hydrogen-bond acceptors (Lipinski definition) is 3. The number of carboxylic acids is 1. The number of nitrogen functional groups attached to an aromatic ring is 1. The number of para-hydroxylation sites is 1. The third-order valence-electron chi connectivity index (χ3n) is 2.83. The van der Waals surface area contributed by atoms with Crippen LogP contribution in [0.3, 0.4) is 0 Å². The van der Waals surface area contributed by atoms with Crippen molar-refractivity contribution in [2.75, 3.05) is 17.2 Å². The number of halogens is 1. The standard InChI is InChI=1S/C15H13FN2O3/c16-13-8-10(17)6-7-12(13)15(21)18(9-14(19)20)11-4-2-1-3-5-11/h1-8H,9,17H2,(H,19,20). The van der Waals surface area contributed by atoms with Crippen LogP contribution >= 0.6 is 0 Å². The molecular weight excluding hydrogens is 275 g/mol. The van der Waals surface area contributed by atoms with Gasteiger partial charge in [0.2, 0.25) is 0 Å². The van der Waals surface area contributed by atoms with Crippen molar-refractivity contribution in [3.63, 3.8) is 0 Å². The van der Waals surface area contributed by atoms with E-state index in [1.807, 2.05) is 0 Å².